The number of hydrogen-bond donors (Lipinski definition) is 1. The molecular formula is C16H25NO. The van der Waals surface area contributed by atoms with Gasteiger partial charge in [0.25, 0.3) is 0 Å². The lowest BCUT2D eigenvalue weighted by Crippen LogP contribution is -2.20. The van der Waals surface area contributed by atoms with E-state index in [-0.39, 0.29) is 6.04 Å². The Labute approximate surface area is 111 Å². The second-order valence-corrected chi connectivity index (χ2v) is 5.65. The Bertz CT molecular complexity index is 383. The SMILES string of the molecule is Cc1ccc(C)c(C(N)COCC2CCCC2)c1. The minimum Gasteiger partial charge on any atom is -0.379 e. The Morgan fingerprint density at radius 3 is 2.72 bits per heavy atom. The summed E-state index contributed by atoms with van der Waals surface area (Å²) in [5.41, 5.74) is 9.98. The van der Waals surface area contributed by atoms with Crippen LogP contribution < -0.4 is 5.73 Å². The van der Waals surface area contributed by atoms with Crippen LogP contribution in [0.15, 0.2) is 18.2 Å². The van der Waals surface area contributed by atoms with Gasteiger partial charge in [-0.15, -0.1) is 0 Å². The molecule has 1 aliphatic carbocycles. The third-order valence-corrected chi connectivity index (χ3v) is 3.96. The Balaban J connectivity index is 1.83. The van der Waals surface area contributed by atoms with Gasteiger partial charge in [0.05, 0.1) is 12.6 Å². The molecule has 0 amide bonds. The van der Waals surface area contributed by atoms with Crippen LogP contribution in [0.2, 0.25) is 0 Å². The summed E-state index contributed by atoms with van der Waals surface area (Å²) in [6.45, 7) is 5.75. The maximum absolute atomic E-state index is 6.22. The van der Waals surface area contributed by atoms with Crippen molar-refractivity contribution >= 4 is 0 Å². The molecule has 1 aliphatic rings. The quantitative estimate of drug-likeness (QED) is 0.864. The predicted molar refractivity (Wildman–Crippen MR) is 75.6 cm³/mol. The maximum Gasteiger partial charge on any atom is 0.0659 e. The molecule has 0 saturated heterocycles. The zero-order valence-corrected chi connectivity index (χ0v) is 11.6. The number of benzene rings is 1. The van der Waals surface area contributed by atoms with Crippen LogP contribution in [0.25, 0.3) is 0 Å². The van der Waals surface area contributed by atoms with Gasteiger partial charge in [0.2, 0.25) is 0 Å². The van der Waals surface area contributed by atoms with Gasteiger partial charge in [-0.1, -0.05) is 36.6 Å². The molecule has 1 saturated carbocycles. The van der Waals surface area contributed by atoms with Crippen LogP contribution in [0.3, 0.4) is 0 Å². The maximum atomic E-state index is 6.22. The average molecular weight is 247 g/mol. The van der Waals surface area contributed by atoms with Crippen molar-refractivity contribution in [2.24, 2.45) is 11.7 Å². The van der Waals surface area contributed by atoms with Gasteiger partial charge in [-0.25, -0.2) is 0 Å². The van der Waals surface area contributed by atoms with Crippen LogP contribution >= 0.6 is 0 Å². The molecule has 1 atom stereocenters. The van der Waals surface area contributed by atoms with Gasteiger partial charge in [-0.2, -0.15) is 0 Å². The Morgan fingerprint density at radius 1 is 1.28 bits per heavy atom. The first-order valence-electron chi connectivity index (χ1n) is 7.07. The minimum absolute atomic E-state index is 0.00584. The molecule has 100 valence electrons. The van der Waals surface area contributed by atoms with Crippen molar-refractivity contribution < 1.29 is 4.74 Å². The predicted octanol–water partition coefficient (Wildman–Crippen LogP) is 3.51. The van der Waals surface area contributed by atoms with Crippen molar-refractivity contribution in [2.75, 3.05) is 13.2 Å². The minimum atomic E-state index is 0.00584. The molecule has 2 heteroatoms. The summed E-state index contributed by atoms with van der Waals surface area (Å²) < 4.78 is 5.80. The highest BCUT2D eigenvalue weighted by atomic mass is 16.5. The summed E-state index contributed by atoms with van der Waals surface area (Å²) in [7, 11) is 0. The van der Waals surface area contributed by atoms with Gasteiger partial charge in [-0.3, -0.25) is 0 Å². The van der Waals surface area contributed by atoms with E-state index in [1.807, 2.05) is 0 Å². The van der Waals surface area contributed by atoms with Crippen molar-refractivity contribution in [3.63, 3.8) is 0 Å². The summed E-state index contributed by atoms with van der Waals surface area (Å²) in [6.07, 6.45) is 5.41. The molecule has 1 unspecified atom stereocenters. The van der Waals surface area contributed by atoms with Crippen molar-refractivity contribution in [3.8, 4) is 0 Å². The molecule has 0 aromatic heterocycles. The van der Waals surface area contributed by atoms with Crippen LogP contribution in [0, 0.1) is 19.8 Å². The summed E-state index contributed by atoms with van der Waals surface area (Å²) in [5.74, 6) is 0.774. The van der Waals surface area contributed by atoms with E-state index in [1.54, 1.807) is 0 Å². The van der Waals surface area contributed by atoms with Gasteiger partial charge in [0.15, 0.2) is 0 Å². The van der Waals surface area contributed by atoms with Gasteiger partial charge in [-0.05, 0) is 43.7 Å². The van der Waals surface area contributed by atoms with E-state index in [0.29, 0.717) is 6.61 Å². The average Bonchev–Trinajstić information content (AvgIpc) is 2.85. The molecule has 2 N–H and O–H groups in total. The molecule has 2 rings (SSSR count). The summed E-state index contributed by atoms with van der Waals surface area (Å²) >= 11 is 0. The lowest BCUT2D eigenvalue weighted by molar-refractivity contribution is 0.0903. The fraction of sp³-hybridized carbons (Fsp3) is 0.625. The fourth-order valence-corrected chi connectivity index (χ4v) is 2.79. The van der Waals surface area contributed by atoms with Crippen molar-refractivity contribution in [2.45, 2.75) is 45.6 Å². The Morgan fingerprint density at radius 2 is 2.00 bits per heavy atom. The van der Waals surface area contributed by atoms with E-state index in [0.717, 1.165) is 12.5 Å². The molecular weight excluding hydrogens is 222 g/mol. The molecule has 0 heterocycles. The van der Waals surface area contributed by atoms with Gasteiger partial charge in [0, 0.05) is 6.61 Å². The molecule has 1 aromatic carbocycles. The number of hydrogen-bond acceptors (Lipinski definition) is 2. The lowest BCUT2D eigenvalue weighted by Gasteiger charge is -2.17. The molecule has 0 radical (unpaired) electrons. The highest BCUT2D eigenvalue weighted by Crippen LogP contribution is 2.25. The van der Waals surface area contributed by atoms with E-state index < -0.39 is 0 Å². The van der Waals surface area contributed by atoms with Gasteiger partial charge < -0.3 is 10.5 Å². The van der Waals surface area contributed by atoms with E-state index in [4.69, 9.17) is 10.5 Å². The number of ether oxygens (including phenoxy) is 1. The second-order valence-electron chi connectivity index (χ2n) is 5.65. The second kappa shape index (κ2) is 6.35. The summed E-state index contributed by atoms with van der Waals surface area (Å²) in [6, 6.07) is 6.46. The molecule has 0 bridgehead atoms. The van der Waals surface area contributed by atoms with E-state index >= 15 is 0 Å². The normalized spacial score (nSPS) is 18.2. The topological polar surface area (TPSA) is 35.2 Å². The zero-order chi connectivity index (χ0) is 13.0. The molecule has 0 aliphatic heterocycles. The number of aryl methyl sites for hydroxylation is 2. The van der Waals surface area contributed by atoms with Crippen LogP contribution in [0.5, 0.6) is 0 Å². The van der Waals surface area contributed by atoms with E-state index in [9.17, 15) is 0 Å². The molecule has 0 spiro atoms. The van der Waals surface area contributed by atoms with E-state index in [1.165, 1.54) is 42.4 Å². The number of rotatable bonds is 5. The fourth-order valence-electron chi connectivity index (χ4n) is 2.79. The highest BCUT2D eigenvalue weighted by Gasteiger charge is 2.16. The standard InChI is InChI=1S/C16H25NO/c1-12-7-8-13(2)15(9-12)16(17)11-18-10-14-5-3-4-6-14/h7-9,14,16H,3-6,10-11,17H2,1-2H3. The first-order valence-corrected chi connectivity index (χ1v) is 7.07. The van der Waals surface area contributed by atoms with Crippen LogP contribution in [0.4, 0.5) is 0 Å². The molecule has 2 nitrogen and oxygen atoms in total. The Kier molecular flexibility index (Phi) is 4.79. The van der Waals surface area contributed by atoms with E-state index in [2.05, 4.69) is 32.0 Å². The van der Waals surface area contributed by atoms with Crippen molar-refractivity contribution in [1.29, 1.82) is 0 Å². The summed E-state index contributed by atoms with van der Waals surface area (Å²) in [5, 5.41) is 0. The van der Waals surface area contributed by atoms with Crippen molar-refractivity contribution in [1.82, 2.24) is 0 Å². The molecule has 1 fully saturated rings. The largest absolute Gasteiger partial charge is 0.379 e. The molecule has 18 heavy (non-hydrogen) atoms. The van der Waals surface area contributed by atoms with Crippen LogP contribution in [-0.4, -0.2) is 13.2 Å². The highest BCUT2D eigenvalue weighted by molar-refractivity contribution is 5.32. The third kappa shape index (κ3) is 3.56. The van der Waals surface area contributed by atoms with Crippen LogP contribution in [0.1, 0.15) is 48.4 Å². The lowest BCUT2D eigenvalue weighted by atomic mass is 10.00. The third-order valence-electron chi connectivity index (χ3n) is 3.96. The first-order chi connectivity index (χ1) is 8.66. The zero-order valence-electron chi connectivity index (χ0n) is 11.6. The summed E-state index contributed by atoms with van der Waals surface area (Å²) in [4.78, 5) is 0. The Hall–Kier alpha value is -0.860. The monoisotopic (exact) mass is 247 g/mol. The smallest absolute Gasteiger partial charge is 0.0659 e. The van der Waals surface area contributed by atoms with Crippen molar-refractivity contribution in [3.05, 3.63) is 34.9 Å². The van der Waals surface area contributed by atoms with Gasteiger partial charge in [0.1, 0.15) is 0 Å². The van der Waals surface area contributed by atoms with Gasteiger partial charge >= 0.3 is 0 Å². The molecule has 1 aromatic rings. The first kappa shape index (κ1) is 13.6. The van der Waals surface area contributed by atoms with Crippen LogP contribution in [-0.2, 0) is 4.74 Å². The number of nitrogens with two attached hydrogens (primary N) is 1.